The van der Waals surface area contributed by atoms with Crippen LogP contribution < -0.4 is 9.80 Å². The normalized spacial score (nSPS) is 22.6. The van der Waals surface area contributed by atoms with Crippen molar-refractivity contribution in [2.24, 2.45) is 0 Å². The molecule has 104 valence electrons. The van der Waals surface area contributed by atoms with E-state index in [1.807, 2.05) is 24.7 Å². The highest BCUT2D eigenvalue weighted by Crippen LogP contribution is 1.93. The molecule has 0 spiro atoms. The molecule has 3 rings (SSSR count). The molecule has 0 unspecified atom stereocenters. The van der Waals surface area contributed by atoms with Gasteiger partial charge in [-0.1, -0.05) is 6.07 Å². The summed E-state index contributed by atoms with van der Waals surface area (Å²) in [5.41, 5.74) is 2.60. The highest BCUT2D eigenvalue weighted by molar-refractivity contribution is 5.07. The molecule has 2 aromatic heterocycles. The van der Waals surface area contributed by atoms with E-state index in [4.69, 9.17) is 0 Å². The van der Waals surface area contributed by atoms with E-state index in [2.05, 4.69) is 34.2 Å². The molecule has 1 aliphatic rings. The fourth-order valence-corrected chi connectivity index (χ4v) is 2.86. The van der Waals surface area contributed by atoms with Crippen molar-refractivity contribution in [3.8, 4) is 0 Å². The Kier molecular flexibility index (Phi) is 4.35. The van der Waals surface area contributed by atoms with Crippen LogP contribution in [-0.4, -0.2) is 36.1 Å². The highest BCUT2D eigenvalue weighted by Gasteiger charge is 2.23. The molecule has 0 atom stereocenters. The number of nitrogens with one attached hydrogen (secondary N) is 2. The first kappa shape index (κ1) is 13.2. The van der Waals surface area contributed by atoms with E-state index >= 15 is 0 Å². The van der Waals surface area contributed by atoms with Crippen LogP contribution >= 0.6 is 0 Å². The zero-order chi connectivity index (χ0) is 13.6. The monoisotopic (exact) mass is 270 g/mol. The van der Waals surface area contributed by atoms with Crippen molar-refractivity contribution >= 4 is 0 Å². The van der Waals surface area contributed by atoms with E-state index in [9.17, 15) is 0 Å². The molecule has 1 saturated heterocycles. The first-order valence-electron chi connectivity index (χ1n) is 7.36. The van der Waals surface area contributed by atoms with E-state index in [-0.39, 0.29) is 0 Å². The second-order valence-corrected chi connectivity index (χ2v) is 5.53. The van der Waals surface area contributed by atoms with Gasteiger partial charge in [0.1, 0.15) is 39.3 Å². The van der Waals surface area contributed by atoms with Gasteiger partial charge in [0, 0.05) is 24.2 Å². The van der Waals surface area contributed by atoms with Crippen LogP contribution in [0.5, 0.6) is 0 Å². The Morgan fingerprint density at radius 3 is 2.15 bits per heavy atom. The Bertz CT molecular complexity index is 457. The van der Waals surface area contributed by atoms with Crippen LogP contribution in [-0.2, 0) is 13.1 Å². The quantitative estimate of drug-likeness (QED) is 0.744. The molecule has 2 N–H and O–H groups in total. The Balaban J connectivity index is 1.47. The highest BCUT2D eigenvalue weighted by atomic mass is 15.3. The number of quaternary nitrogens is 2. The molecule has 0 radical (unpaired) electrons. The summed E-state index contributed by atoms with van der Waals surface area (Å²) in [6.45, 7) is 7.13. The van der Waals surface area contributed by atoms with Crippen molar-refractivity contribution in [3.63, 3.8) is 0 Å². The summed E-state index contributed by atoms with van der Waals surface area (Å²) in [6, 6.07) is 10.4. The zero-order valence-corrected chi connectivity index (χ0v) is 11.8. The van der Waals surface area contributed by atoms with Crippen LogP contribution in [0.2, 0.25) is 0 Å². The molecule has 4 heteroatoms. The van der Waals surface area contributed by atoms with Gasteiger partial charge in [-0.25, -0.2) is 0 Å². The molecule has 0 aromatic carbocycles. The van der Waals surface area contributed by atoms with Gasteiger partial charge in [0.25, 0.3) is 0 Å². The van der Waals surface area contributed by atoms with Crippen molar-refractivity contribution in [2.45, 2.75) is 13.1 Å². The van der Waals surface area contributed by atoms with Gasteiger partial charge in [-0.05, 0) is 24.3 Å². The maximum Gasteiger partial charge on any atom is 0.127 e. The Labute approximate surface area is 120 Å². The van der Waals surface area contributed by atoms with Gasteiger partial charge >= 0.3 is 0 Å². The lowest BCUT2D eigenvalue weighted by Crippen LogP contribution is -3.27. The summed E-state index contributed by atoms with van der Waals surface area (Å²) in [5, 5.41) is 0. The molecule has 20 heavy (non-hydrogen) atoms. The van der Waals surface area contributed by atoms with Crippen molar-refractivity contribution in [1.29, 1.82) is 0 Å². The fraction of sp³-hybridized carbons (Fsp3) is 0.375. The summed E-state index contributed by atoms with van der Waals surface area (Å²) in [4.78, 5) is 11.8. The number of piperazine rings is 1. The number of rotatable bonds is 4. The molecule has 2 aromatic rings. The van der Waals surface area contributed by atoms with Gasteiger partial charge in [-0.15, -0.1) is 0 Å². The molecule has 0 saturated carbocycles. The topological polar surface area (TPSA) is 34.7 Å². The van der Waals surface area contributed by atoms with Gasteiger partial charge < -0.3 is 9.80 Å². The minimum absolute atomic E-state index is 1.06. The lowest BCUT2D eigenvalue weighted by molar-refractivity contribution is -1.02. The molecular formula is C16H22N4+2. The molecule has 0 aliphatic carbocycles. The standard InChI is InChI=1S/C16H20N4/c1-2-6-18-16(3-1)14-20-11-9-19(10-12-20)13-15-4-7-17-8-5-15/h1-8H,9-14H2/p+2. The predicted octanol–water partition coefficient (Wildman–Crippen LogP) is -1.04. The van der Waals surface area contributed by atoms with E-state index in [0.717, 1.165) is 13.1 Å². The third-order valence-corrected chi connectivity index (χ3v) is 4.02. The van der Waals surface area contributed by atoms with Crippen molar-refractivity contribution in [2.75, 3.05) is 26.2 Å². The summed E-state index contributed by atoms with van der Waals surface area (Å²) < 4.78 is 0. The molecule has 3 heterocycles. The number of aromatic nitrogens is 2. The van der Waals surface area contributed by atoms with Crippen LogP contribution in [0.15, 0.2) is 48.9 Å². The molecule has 0 bridgehead atoms. The van der Waals surface area contributed by atoms with E-state index in [1.54, 1.807) is 9.80 Å². The number of nitrogens with zero attached hydrogens (tertiary/aromatic N) is 2. The van der Waals surface area contributed by atoms with Crippen molar-refractivity contribution < 1.29 is 9.80 Å². The third kappa shape index (κ3) is 3.62. The van der Waals surface area contributed by atoms with Crippen molar-refractivity contribution in [1.82, 2.24) is 9.97 Å². The van der Waals surface area contributed by atoms with Crippen LogP contribution in [0.3, 0.4) is 0 Å². The SMILES string of the molecule is c1ccc(C[NH+]2CC[NH+](Cc3ccncc3)CC2)nc1. The smallest absolute Gasteiger partial charge is 0.127 e. The van der Waals surface area contributed by atoms with Gasteiger partial charge in [-0.2, -0.15) is 0 Å². The molecule has 1 aliphatic heterocycles. The second-order valence-electron chi connectivity index (χ2n) is 5.53. The van der Waals surface area contributed by atoms with Crippen LogP contribution in [0.25, 0.3) is 0 Å². The Morgan fingerprint density at radius 2 is 1.50 bits per heavy atom. The first-order valence-corrected chi connectivity index (χ1v) is 7.36. The fourth-order valence-electron chi connectivity index (χ4n) is 2.86. The van der Waals surface area contributed by atoms with Gasteiger partial charge in [0.2, 0.25) is 0 Å². The summed E-state index contributed by atoms with van der Waals surface area (Å²) >= 11 is 0. The summed E-state index contributed by atoms with van der Waals surface area (Å²) in [5.74, 6) is 0. The second kappa shape index (κ2) is 6.59. The van der Waals surface area contributed by atoms with Crippen LogP contribution in [0.4, 0.5) is 0 Å². The Morgan fingerprint density at radius 1 is 0.800 bits per heavy atom. The Hall–Kier alpha value is -1.78. The van der Waals surface area contributed by atoms with Gasteiger partial charge in [0.15, 0.2) is 0 Å². The predicted molar refractivity (Wildman–Crippen MR) is 77.3 cm³/mol. The number of hydrogen-bond donors (Lipinski definition) is 2. The molecule has 4 nitrogen and oxygen atoms in total. The third-order valence-electron chi connectivity index (χ3n) is 4.02. The van der Waals surface area contributed by atoms with Gasteiger partial charge in [-0.3, -0.25) is 9.97 Å². The van der Waals surface area contributed by atoms with Crippen molar-refractivity contribution in [3.05, 3.63) is 60.2 Å². The number of pyridine rings is 2. The maximum atomic E-state index is 4.43. The van der Waals surface area contributed by atoms with E-state index < -0.39 is 0 Å². The maximum absolute atomic E-state index is 4.43. The summed E-state index contributed by atoms with van der Waals surface area (Å²) in [6.07, 6.45) is 5.66. The average Bonchev–Trinajstić information content (AvgIpc) is 2.51. The lowest BCUT2D eigenvalue weighted by atomic mass is 10.2. The first-order chi connectivity index (χ1) is 9.90. The largest absolute Gasteiger partial charge is 0.322 e. The molecule has 0 amide bonds. The van der Waals surface area contributed by atoms with Crippen LogP contribution in [0.1, 0.15) is 11.3 Å². The lowest BCUT2D eigenvalue weighted by Gasteiger charge is -2.29. The summed E-state index contributed by atoms with van der Waals surface area (Å²) in [7, 11) is 0. The van der Waals surface area contributed by atoms with Gasteiger partial charge in [0.05, 0.1) is 5.69 Å². The molecule has 1 fully saturated rings. The zero-order valence-electron chi connectivity index (χ0n) is 11.8. The number of hydrogen-bond acceptors (Lipinski definition) is 2. The average molecular weight is 270 g/mol. The van der Waals surface area contributed by atoms with E-state index in [0.29, 0.717) is 0 Å². The van der Waals surface area contributed by atoms with Crippen LogP contribution in [0, 0.1) is 0 Å². The van der Waals surface area contributed by atoms with E-state index in [1.165, 1.54) is 37.4 Å². The minimum Gasteiger partial charge on any atom is -0.322 e. The molecular weight excluding hydrogens is 248 g/mol. The minimum atomic E-state index is 1.06.